The molecule has 0 spiro atoms. The maximum absolute atomic E-state index is 5.20. The van der Waals surface area contributed by atoms with E-state index in [0.717, 1.165) is 0 Å². The van der Waals surface area contributed by atoms with Gasteiger partial charge in [-0.1, -0.05) is 0 Å². The summed E-state index contributed by atoms with van der Waals surface area (Å²) in [5, 5.41) is 0. The Labute approximate surface area is 53.0 Å². The van der Waals surface area contributed by atoms with Crippen molar-refractivity contribution in [1.82, 2.24) is 0 Å². The van der Waals surface area contributed by atoms with Crippen LogP contribution in [0.15, 0.2) is 0 Å². The monoisotopic (exact) mass is 204 g/mol. The van der Waals surface area contributed by atoms with E-state index in [4.69, 9.17) is 6.42 Å². The fourth-order valence-electron chi connectivity index (χ4n) is 0.516. The van der Waals surface area contributed by atoms with Gasteiger partial charge in [-0.15, -0.1) is 0 Å². The van der Waals surface area contributed by atoms with Gasteiger partial charge in [-0.25, -0.2) is 0 Å². The van der Waals surface area contributed by atoms with Gasteiger partial charge in [-0.2, -0.15) is 0 Å². The summed E-state index contributed by atoms with van der Waals surface area (Å²) in [4.78, 5) is 2.28. The summed E-state index contributed by atoms with van der Waals surface area (Å²) in [5.74, 6) is 0. The van der Waals surface area contributed by atoms with E-state index in [9.17, 15) is 0 Å². The zero-order valence-electron chi connectivity index (χ0n) is 5.07. The maximum atomic E-state index is 5.20. The van der Waals surface area contributed by atoms with Crippen molar-refractivity contribution >= 4 is 19.8 Å². The van der Waals surface area contributed by atoms with Crippen LogP contribution in [0.25, 0.3) is 0 Å². The normalized spacial score (nSPS) is 12.7. The molecule has 0 amide bonds. The Morgan fingerprint density at radius 3 is 2.43 bits per heavy atom. The molecule has 0 saturated carbocycles. The van der Waals surface area contributed by atoms with Crippen molar-refractivity contribution in [2.24, 2.45) is 0 Å². The molecular weight excluding hydrogens is 191 g/mol. The van der Waals surface area contributed by atoms with Crippen LogP contribution >= 0.6 is 0 Å². The summed E-state index contributed by atoms with van der Waals surface area (Å²) in [6, 6.07) is 0. The van der Waals surface area contributed by atoms with Gasteiger partial charge in [-0.3, -0.25) is 0 Å². The molecule has 0 rings (SSSR count). The van der Waals surface area contributed by atoms with Crippen LogP contribution in [0.4, 0.5) is 0 Å². The summed E-state index contributed by atoms with van der Waals surface area (Å²) in [6.07, 6.45) is 6.49. The fraction of sp³-hybridized carbons (Fsp3) is 0.667. The van der Waals surface area contributed by atoms with Gasteiger partial charge in [0, 0.05) is 0 Å². The Morgan fingerprint density at radius 1 is 1.71 bits per heavy atom. The van der Waals surface area contributed by atoms with Crippen molar-refractivity contribution in [3.8, 4) is 10.4 Å². The van der Waals surface area contributed by atoms with Gasteiger partial charge in [0.25, 0.3) is 0 Å². The molecule has 1 unspecified atom stereocenters. The minimum absolute atomic E-state index is 1.23. The van der Waals surface area contributed by atoms with E-state index in [1.165, 1.54) is 10.9 Å². The van der Waals surface area contributed by atoms with Crippen molar-refractivity contribution in [3.05, 3.63) is 0 Å². The predicted molar refractivity (Wildman–Crippen MR) is 36.9 cm³/mol. The van der Waals surface area contributed by atoms with E-state index in [1.54, 1.807) is 0 Å². The molecule has 0 aromatic carbocycles. The molecule has 7 heavy (non-hydrogen) atoms. The zero-order chi connectivity index (χ0) is 5.70. The molecule has 0 aromatic heterocycles. The van der Waals surface area contributed by atoms with Gasteiger partial charge in [0.2, 0.25) is 0 Å². The van der Waals surface area contributed by atoms with Crippen LogP contribution in [0.2, 0.25) is 9.38 Å². The summed E-state index contributed by atoms with van der Waals surface area (Å²) < 4.78 is 4.25. The van der Waals surface area contributed by atoms with Gasteiger partial charge < -0.3 is 0 Å². The summed E-state index contributed by atoms with van der Waals surface area (Å²) in [6.45, 7) is 2.20. The molecule has 0 nitrogen and oxygen atoms in total. The first-order valence-corrected chi connectivity index (χ1v) is 10.0. The topological polar surface area (TPSA) is 0 Å². The Morgan fingerprint density at radius 2 is 2.29 bits per heavy atom. The molecule has 40 valence electrons. The first kappa shape index (κ1) is 7.36. The third-order valence-corrected chi connectivity index (χ3v) is 6.75. The summed E-state index contributed by atoms with van der Waals surface area (Å²) in [5.41, 5.74) is 0. The Balaban J connectivity index is 3.04. The number of rotatable bonds is 2. The Hall–Kier alpha value is 0.359. The molecule has 0 bridgehead atoms. The molecule has 0 fully saturated rings. The second-order valence-corrected chi connectivity index (χ2v) is 9.60. The SMILES string of the molecule is C#[C][SnH]([CH3])[CH2]CC. The molecule has 1 atom stereocenters. The first-order valence-electron chi connectivity index (χ1n) is 2.77. The van der Waals surface area contributed by atoms with Gasteiger partial charge in [0.05, 0.1) is 0 Å². The third-order valence-electron chi connectivity index (χ3n) is 1.01. The van der Waals surface area contributed by atoms with E-state index < -0.39 is 19.8 Å². The van der Waals surface area contributed by atoms with Crippen LogP contribution in [0.1, 0.15) is 13.3 Å². The second-order valence-electron chi connectivity index (χ2n) is 1.86. The molecule has 0 aliphatic rings. The van der Waals surface area contributed by atoms with Crippen LogP contribution in [-0.4, -0.2) is 19.8 Å². The van der Waals surface area contributed by atoms with E-state index in [0.29, 0.717) is 0 Å². The van der Waals surface area contributed by atoms with E-state index in [2.05, 4.69) is 15.8 Å². The summed E-state index contributed by atoms with van der Waals surface area (Å²) >= 11 is -1.23. The first-order chi connectivity index (χ1) is 3.31. The Bertz CT molecular complexity index is 70.7. The van der Waals surface area contributed by atoms with Crippen LogP contribution in [-0.2, 0) is 0 Å². The van der Waals surface area contributed by atoms with E-state index >= 15 is 0 Å². The minimum atomic E-state index is -1.23. The molecule has 0 heterocycles. The molecular formula is C6H12Sn. The average Bonchev–Trinajstić information content (AvgIpc) is 1.68. The van der Waals surface area contributed by atoms with Gasteiger partial charge in [0.15, 0.2) is 0 Å². The predicted octanol–water partition coefficient (Wildman–Crippen LogP) is 1.43. The van der Waals surface area contributed by atoms with Crippen LogP contribution < -0.4 is 0 Å². The zero-order valence-corrected chi connectivity index (χ0v) is 8.36. The standard InChI is InChI=1S/C3H7.C2H.CH3.Sn.H/c1-3-2;1-2;;;/h1,3H2,2H3;1H;1H3;;. The number of hydrogen-bond donors (Lipinski definition) is 0. The average molecular weight is 203 g/mol. The van der Waals surface area contributed by atoms with E-state index in [1.807, 2.05) is 0 Å². The van der Waals surface area contributed by atoms with Crippen molar-refractivity contribution in [3.63, 3.8) is 0 Å². The number of terminal acetylenes is 1. The van der Waals surface area contributed by atoms with Gasteiger partial charge in [0.1, 0.15) is 0 Å². The molecule has 0 aliphatic carbocycles. The number of hydrogen-bond acceptors (Lipinski definition) is 0. The fourth-order valence-corrected chi connectivity index (χ4v) is 3.46. The van der Waals surface area contributed by atoms with E-state index in [-0.39, 0.29) is 0 Å². The second kappa shape index (κ2) is 4.52. The van der Waals surface area contributed by atoms with Crippen molar-refractivity contribution in [1.29, 1.82) is 0 Å². The van der Waals surface area contributed by atoms with Gasteiger partial charge >= 0.3 is 52.8 Å². The third kappa shape index (κ3) is 4.21. The molecule has 1 heteroatoms. The van der Waals surface area contributed by atoms with Crippen LogP contribution in [0.5, 0.6) is 0 Å². The van der Waals surface area contributed by atoms with Crippen molar-refractivity contribution < 1.29 is 0 Å². The van der Waals surface area contributed by atoms with Crippen molar-refractivity contribution in [2.45, 2.75) is 22.7 Å². The molecule has 0 saturated heterocycles. The van der Waals surface area contributed by atoms with Gasteiger partial charge in [-0.05, 0) is 0 Å². The quantitative estimate of drug-likeness (QED) is 0.470. The van der Waals surface area contributed by atoms with Crippen LogP contribution in [0, 0.1) is 10.4 Å². The van der Waals surface area contributed by atoms with Crippen molar-refractivity contribution in [2.75, 3.05) is 0 Å². The summed E-state index contributed by atoms with van der Waals surface area (Å²) in [7, 11) is 0. The molecule has 0 aliphatic heterocycles. The Kier molecular flexibility index (Phi) is 4.75. The molecule has 0 aromatic rings. The van der Waals surface area contributed by atoms with Crippen LogP contribution in [0.3, 0.4) is 0 Å². The molecule has 0 N–H and O–H groups in total. The molecule has 0 radical (unpaired) electrons.